The molecular formula is C15H16N2O4S. The molecule has 0 atom stereocenters. The Morgan fingerprint density at radius 1 is 1.41 bits per heavy atom. The second kappa shape index (κ2) is 5.92. The summed E-state index contributed by atoms with van der Waals surface area (Å²) in [4.78, 5) is 27.8. The predicted octanol–water partition coefficient (Wildman–Crippen LogP) is 2.92. The van der Waals surface area contributed by atoms with Gasteiger partial charge < -0.3 is 14.8 Å². The summed E-state index contributed by atoms with van der Waals surface area (Å²) in [6, 6.07) is 1.78. The van der Waals surface area contributed by atoms with Gasteiger partial charge in [0.15, 0.2) is 0 Å². The molecule has 1 amide bonds. The summed E-state index contributed by atoms with van der Waals surface area (Å²) in [5.74, 6) is -1.20. The molecule has 2 heterocycles. The highest BCUT2D eigenvalue weighted by Crippen LogP contribution is 2.33. The lowest BCUT2D eigenvalue weighted by Crippen LogP contribution is -2.47. The van der Waals surface area contributed by atoms with Crippen LogP contribution in [0.25, 0.3) is 10.6 Å². The summed E-state index contributed by atoms with van der Waals surface area (Å²) in [6.07, 6.45) is 6.35. The van der Waals surface area contributed by atoms with E-state index in [0.29, 0.717) is 23.5 Å². The van der Waals surface area contributed by atoms with E-state index >= 15 is 0 Å². The number of nitrogens with zero attached hydrogens (tertiary/aromatic N) is 1. The van der Waals surface area contributed by atoms with E-state index < -0.39 is 11.5 Å². The average molecular weight is 320 g/mol. The Labute approximate surface area is 131 Å². The number of rotatable bonds is 5. The van der Waals surface area contributed by atoms with E-state index in [-0.39, 0.29) is 12.3 Å². The molecule has 0 bridgehead atoms. The minimum Gasteiger partial charge on any atom is -0.481 e. The quantitative estimate of drug-likeness (QED) is 0.883. The van der Waals surface area contributed by atoms with Gasteiger partial charge in [0.05, 0.1) is 18.2 Å². The average Bonchev–Trinajstić information content (AvgIpc) is 3.19. The van der Waals surface area contributed by atoms with E-state index in [1.54, 1.807) is 24.0 Å². The predicted molar refractivity (Wildman–Crippen MR) is 80.7 cm³/mol. The molecule has 0 spiro atoms. The van der Waals surface area contributed by atoms with Crippen molar-refractivity contribution in [3.63, 3.8) is 0 Å². The first-order chi connectivity index (χ1) is 10.6. The van der Waals surface area contributed by atoms with E-state index in [9.17, 15) is 9.59 Å². The SMILES string of the molecule is O=C(O)CC1(NC(=O)c2csc(-c3ccoc3)n2)CCCC1. The number of thiazole rings is 1. The number of amides is 1. The molecule has 0 aliphatic heterocycles. The third kappa shape index (κ3) is 3.04. The van der Waals surface area contributed by atoms with Crippen LogP contribution in [0.5, 0.6) is 0 Å². The van der Waals surface area contributed by atoms with Gasteiger partial charge in [-0.15, -0.1) is 11.3 Å². The second-order valence-corrected chi connectivity index (χ2v) is 6.42. The summed E-state index contributed by atoms with van der Waals surface area (Å²) in [6.45, 7) is 0. The van der Waals surface area contributed by atoms with Crippen molar-refractivity contribution in [1.82, 2.24) is 10.3 Å². The number of carboxylic acid groups (broad SMARTS) is 1. The van der Waals surface area contributed by atoms with Crippen molar-refractivity contribution in [2.45, 2.75) is 37.6 Å². The Morgan fingerprint density at radius 2 is 2.18 bits per heavy atom. The molecule has 2 aromatic rings. The molecule has 1 fully saturated rings. The molecule has 116 valence electrons. The Bertz CT molecular complexity index is 672. The Kier molecular flexibility index (Phi) is 3.98. The fourth-order valence-electron chi connectivity index (χ4n) is 2.89. The Balaban J connectivity index is 1.75. The minimum atomic E-state index is -0.889. The Morgan fingerprint density at radius 3 is 2.82 bits per heavy atom. The molecule has 0 radical (unpaired) electrons. The fraction of sp³-hybridized carbons (Fsp3) is 0.400. The normalized spacial score (nSPS) is 16.5. The maximum Gasteiger partial charge on any atom is 0.305 e. The van der Waals surface area contributed by atoms with Gasteiger partial charge >= 0.3 is 5.97 Å². The van der Waals surface area contributed by atoms with Crippen molar-refractivity contribution in [2.75, 3.05) is 0 Å². The molecule has 22 heavy (non-hydrogen) atoms. The van der Waals surface area contributed by atoms with Crippen LogP contribution in [0.2, 0.25) is 0 Å². The van der Waals surface area contributed by atoms with Gasteiger partial charge in [0.2, 0.25) is 0 Å². The van der Waals surface area contributed by atoms with Gasteiger partial charge in [-0.3, -0.25) is 9.59 Å². The highest BCUT2D eigenvalue weighted by atomic mass is 32.1. The standard InChI is InChI=1S/C15H16N2O4S/c18-12(19)7-15(4-1-2-5-15)17-13(20)11-9-22-14(16-11)10-3-6-21-8-10/h3,6,8-9H,1-2,4-5,7H2,(H,17,20)(H,18,19). The van der Waals surface area contributed by atoms with Crippen LogP contribution >= 0.6 is 11.3 Å². The summed E-state index contributed by atoms with van der Waals surface area (Å²) >= 11 is 1.36. The molecule has 1 aliphatic rings. The first-order valence-electron chi connectivity index (χ1n) is 7.10. The number of carbonyl (C=O) groups excluding carboxylic acids is 1. The number of aliphatic carboxylic acids is 1. The van der Waals surface area contributed by atoms with Crippen molar-refractivity contribution in [2.24, 2.45) is 0 Å². The minimum absolute atomic E-state index is 0.0442. The lowest BCUT2D eigenvalue weighted by atomic mass is 9.93. The molecular weight excluding hydrogens is 304 g/mol. The number of furan rings is 1. The first kappa shape index (κ1) is 14.8. The number of carboxylic acids is 1. The molecule has 2 aromatic heterocycles. The maximum atomic E-state index is 12.4. The molecule has 1 saturated carbocycles. The topological polar surface area (TPSA) is 92.4 Å². The summed E-state index contributed by atoms with van der Waals surface area (Å²) in [5, 5.41) is 14.4. The monoisotopic (exact) mass is 320 g/mol. The van der Waals surface area contributed by atoms with Crippen molar-refractivity contribution < 1.29 is 19.1 Å². The highest BCUT2D eigenvalue weighted by Gasteiger charge is 2.38. The summed E-state index contributed by atoms with van der Waals surface area (Å²) < 4.78 is 5.01. The van der Waals surface area contributed by atoms with Gasteiger partial charge in [-0.25, -0.2) is 4.98 Å². The van der Waals surface area contributed by atoms with Crippen LogP contribution in [0, 0.1) is 0 Å². The van der Waals surface area contributed by atoms with Crippen LogP contribution < -0.4 is 5.32 Å². The highest BCUT2D eigenvalue weighted by molar-refractivity contribution is 7.13. The van der Waals surface area contributed by atoms with Gasteiger partial charge in [0, 0.05) is 10.9 Å². The van der Waals surface area contributed by atoms with Gasteiger partial charge in [0.1, 0.15) is 17.0 Å². The summed E-state index contributed by atoms with van der Waals surface area (Å²) in [7, 11) is 0. The van der Waals surface area contributed by atoms with Crippen molar-refractivity contribution in [1.29, 1.82) is 0 Å². The maximum absolute atomic E-state index is 12.4. The van der Waals surface area contributed by atoms with Crippen molar-refractivity contribution in [3.05, 3.63) is 29.7 Å². The van der Waals surface area contributed by atoms with E-state index in [1.165, 1.54) is 11.3 Å². The number of aromatic nitrogens is 1. The van der Waals surface area contributed by atoms with E-state index in [0.717, 1.165) is 18.4 Å². The molecule has 7 heteroatoms. The smallest absolute Gasteiger partial charge is 0.305 e. The molecule has 1 aliphatic carbocycles. The largest absolute Gasteiger partial charge is 0.481 e. The number of nitrogens with one attached hydrogen (secondary N) is 1. The zero-order valence-electron chi connectivity index (χ0n) is 11.9. The molecule has 3 rings (SSSR count). The second-order valence-electron chi connectivity index (χ2n) is 5.56. The molecule has 0 aromatic carbocycles. The van der Waals surface area contributed by atoms with E-state index in [1.807, 2.05) is 0 Å². The lowest BCUT2D eigenvalue weighted by molar-refractivity contribution is -0.138. The molecule has 6 nitrogen and oxygen atoms in total. The van der Waals surface area contributed by atoms with Crippen molar-refractivity contribution in [3.8, 4) is 10.6 Å². The van der Waals surface area contributed by atoms with Crippen LogP contribution in [0.3, 0.4) is 0 Å². The first-order valence-corrected chi connectivity index (χ1v) is 7.98. The third-order valence-electron chi connectivity index (χ3n) is 3.93. The van der Waals surface area contributed by atoms with Crippen LogP contribution in [0.1, 0.15) is 42.6 Å². The summed E-state index contributed by atoms with van der Waals surface area (Å²) in [5.41, 5.74) is 0.505. The Hall–Kier alpha value is -2.15. The van der Waals surface area contributed by atoms with Gasteiger partial charge in [-0.2, -0.15) is 0 Å². The van der Waals surface area contributed by atoms with Crippen molar-refractivity contribution >= 4 is 23.2 Å². The number of hydrogen-bond donors (Lipinski definition) is 2. The molecule has 2 N–H and O–H groups in total. The third-order valence-corrected chi connectivity index (χ3v) is 4.83. The zero-order chi connectivity index (χ0) is 15.6. The molecule has 0 saturated heterocycles. The van der Waals surface area contributed by atoms with Crippen LogP contribution in [0.15, 0.2) is 28.4 Å². The van der Waals surface area contributed by atoms with Crippen LogP contribution in [0.4, 0.5) is 0 Å². The number of hydrogen-bond acceptors (Lipinski definition) is 5. The zero-order valence-corrected chi connectivity index (χ0v) is 12.7. The van der Waals surface area contributed by atoms with E-state index in [4.69, 9.17) is 9.52 Å². The number of carbonyl (C=O) groups is 2. The van der Waals surface area contributed by atoms with Crippen LogP contribution in [-0.2, 0) is 4.79 Å². The lowest BCUT2D eigenvalue weighted by Gasteiger charge is -2.28. The van der Waals surface area contributed by atoms with E-state index in [2.05, 4.69) is 10.3 Å². The van der Waals surface area contributed by atoms with Crippen LogP contribution in [-0.4, -0.2) is 27.5 Å². The molecule has 0 unspecified atom stereocenters. The van der Waals surface area contributed by atoms with Gasteiger partial charge in [0.25, 0.3) is 5.91 Å². The van der Waals surface area contributed by atoms with Gasteiger partial charge in [-0.1, -0.05) is 12.8 Å². The fourth-order valence-corrected chi connectivity index (χ4v) is 3.68. The van der Waals surface area contributed by atoms with Gasteiger partial charge in [-0.05, 0) is 18.9 Å².